The number of hydrogen-bond donors (Lipinski definition) is 1. The minimum atomic E-state index is -0.0608. The number of nitrogens with one attached hydrogen (secondary N) is 1. The highest BCUT2D eigenvalue weighted by atomic mass is 16.5. The maximum absolute atomic E-state index is 12.4. The summed E-state index contributed by atoms with van der Waals surface area (Å²) in [6.07, 6.45) is 2.30. The van der Waals surface area contributed by atoms with Crippen molar-refractivity contribution in [1.29, 1.82) is 0 Å². The lowest BCUT2D eigenvalue weighted by Gasteiger charge is -2.34. The van der Waals surface area contributed by atoms with Crippen molar-refractivity contribution in [3.05, 3.63) is 23.8 Å². The number of ether oxygens (including phenoxy) is 2. The molecular formula is C21H34N2O3. The fourth-order valence-corrected chi connectivity index (χ4v) is 3.77. The van der Waals surface area contributed by atoms with Crippen molar-refractivity contribution in [2.45, 2.75) is 40.5 Å². The van der Waals surface area contributed by atoms with Gasteiger partial charge in [0.25, 0.3) is 5.91 Å². The first-order chi connectivity index (χ1) is 12.5. The molecule has 1 fully saturated rings. The van der Waals surface area contributed by atoms with Crippen LogP contribution in [-0.4, -0.2) is 50.2 Å². The van der Waals surface area contributed by atoms with Crippen molar-refractivity contribution in [1.82, 2.24) is 10.2 Å². The molecule has 0 saturated carbocycles. The third kappa shape index (κ3) is 6.20. The van der Waals surface area contributed by atoms with Crippen LogP contribution in [0.5, 0.6) is 11.5 Å². The molecule has 1 aliphatic heterocycles. The van der Waals surface area contributed by atoms with Crippen molar-refractivity contribution in [3.63, 3.8) is 0 Å². The molecule has 1 aromatic rings. The first-order valence-electron chi connectivity index (χ1n) is 9.93. The van der Waals surface area contributed by atoms with Gasteiger partial charge in [0.05, 0.1) is 13.2 Å². The van der Waals surface area contributed by atoms with Crippen LogP contribution in [0.2, 0.25) is 0 Å². The van der Waals surface area contributed by atoms with Crippen LogP contribution in [0.3, 0.4) is 0 Å². The number of carbonyl (C=O) groups excluding carboxylic acids is 1. The summed E-state index contributed by atoms with van der Waals surface area (Å²) >= 11 is 0. The molecule has 1 saturated heterocycles. The molecule has 1 amide bonds. The van der Waals surface area contributed by atoms with Gasteiger partial charge >= 0.3 is 0 Å². The molecule has 5 heteroatoms. The van der Waals surface area contributed by atoms with Gasteiger partial charge in [-0.2, -0.15) is 0 Å². The van der Waals surface area contributed by atoms with Crippen LogP contribution >= 0.6 is 0 Å². The SMILES string of the molecule is CCOc1ccc(C(=O)NCCCN2C[C@H](C)C[C@@H](C)C2)cc1OCC. The molecule has 0 aromatic heterocycles. The van der Waals surface area contributed by atoms with Gasteiger partial charge in [0.1, 0.15) is 0 Å². The van der Waals surface area contributed by atoms with Crippen LogP contribution < -0.4 is 14.8 Å². The molecule has 0 unspecified atom stereocenters. The summed E-state index contributed by atoms with van der Waals surface area (Å²) in [5.74, 6) is 2.79. The molecule has 1 heterocycles. The zero-order chi connectivity index (χ0) is 18.9. The predicted molar refractivity (Wildman–Crippen MR) is 105 cm³/mol. The lowest BCUT2D eigenvalue weighted by molar-refractivity contribution is 0.0946. The van der Waals surface area contributed by atoms with Gasteiger partial charge < -0.3 is 19.7 Å². The smallest absolute Gasteiger partial charge is 0.251 e. The molecule has 0 aliphatic carbocycles. The lowest BCUT2D eigenvalue weighted by Crippen LogP contribution is -2.40. The number of amides is 1. The zero-order valence-electron chi connectivity index (χ0n) is 16.7. The van der Waals surface area contributed by atoms with Gasteiger partial charge in [-0.25, -0.2) is 0 Å². The van der Waals surface area contributed by atoms with Gasteiger partial charge in [-0.15, -0.1) is 0 Å². The van der Waals surface area contributed by atoms with Gasteiger partial charge in [0, 0.05) is 25.2 Å². The first-order valence-corrected chi connectivity index (χ1v) is 9.93. The number of rotatable bonds is 9. The Labute approximate surface area is 158 Å². The number of benzene rings is 1. The van der Waals surface area contributed by atoms with E-state index in [2.05, 4.69) is 24.1 Å². The third-order valence-electron chi connectivity index (χ3n) is 4.69. The van der Waals surface area contributed by atoms with E-state index in [9.17, 15) is 4.79 Å². The monoisotopic (exact) mass is 362 g/mol. The minimum absolute atomic E-state index is 0.0608. The average molecular weight is 363 g/mol. The second-order valence-corrected chi connectivity index (χ2v) is 7.34. The number of nitrogens with zero attached hydrogens (tertiary/aromatic N) is 1. The van der Waals surface area contributed by atoms with E-state index in [1.54, 1.807) is 18.2 Å². The highest BCUT2D eigenvalue weighted by Crippen LogP contribution is 2.28. The molecule has 0 spiro atoms. The Bertz CT molecular complexity index is 566. The van der Waals surface area contributed by atoms with Crippen molar-refractivity contribution >= 4 is 5.91 Å². The maximum Gasteiger partial charge on any atom is 0.251 e. The standard InChI is InChI=1S/C21H34N2O3/c1-5-25-19-9-8-18(13-20(19)26-6-2)21(24)22-10-7-11-23-14-16(3)12-17(4)15-23/h8-9,13,16-17H,5-7,10-12,14-15H2,1-4H3,(H,22,24)/t16-,17-/m1/s1. The number of hydrogen-bond acceptors (Lipinski definition) is 4. The predicted octanol–water partition coefficient (Wildman–Crippen LogP) is 3.58. The maximum atomic E-state index is 12.4. The normalized spacial score (nSPS) is 20.6. The molecule has 146 valence electrons. The Morgan fingerprint density at radius 3 is 2.42 bits per heavy atom. The second-order valence-electron chi connectivity index (χ2n) is 7.34. The van der Waals surface area contributed by atoms with Crippen LogP contribution in [0.15, 0.2) is 18.2 Å². The molecular weight excluding hydrogens is 328 g/mol. The van der Waals surface area contributed by atoms with Crippen molar-refractivity contribution < 1.29 is 14.3 Å². The van der Waals surface area contributed by atoms with Crippen LogP contribution in [0.4, 0.5) is 0 Å². The summed E-state index contributed by atoms with van der Waals surface area (Å²) in [5, 5.41) is 3.02. The molecule has 26 heavy (non-hydrogen) atoms. The summed E-state index contributed by atoms with van der Waals surface area (Å²) < 4.78 is 11.1. The van der Waals surface area contributed by atoms with Gasteiger partial charge in [-0.1, -0.05) is 13.8 Å². The Balaban J connectivity index is 1.81. The molecule has 0 bridgehead atoms. The fourth-order valence-electron chi connectivity index (χ4n) is 3.77. The van der Waals surface area contributed by atoms with Crippen molar-refractivity contribution in [3.8, 4) is 11.5 Å². The molecule has 1 N–H and O–H groups in total. The fraction of sp³-hybridized carbons (Fsp3) is 0.667. The summed E-state index contributed by atoms with van der Waals surface area (Å²) in [7, 11) is 0. The molecule has 2 rings (SSSR count). The number of likely N-dealkylation sites (tertiary alicyclic amines) is 1. The first kappa shape index (κ1) is 20.6. The number of piperidine rings is 1. The van der Waals surface area contributed by atoms with Crippen molar-refractivity contribution in [2.24, 2.45) is 11.8 Å². The van der Waals surface area contributed by atoms with E-state index in [0.717, 1.165) is 24.8 Å². The van der Waals surface area contributed by atoms with E-state index < -0.39 is 0 Å². The molecule has 1 aliphatic rings. The van der Waals surface area contributed by atoms with Gasteiger partial charge in [0.2, 0.25) is 0 Å². The summed E-state index contributed by atoms with van der Waals surface area (Å²) in [4.78, 5) is 14.9. The lowest BCUT2D eigenvalue weighted by atomic mass is 9.92. The van der Waals surface area contributed by atoms with E-state index >= 15 is 0 Å². The van der Waals surface area contributed by atoms with Crippen LogP contribution in [-0.2, 0) is 0 Å². The Morgan fingerprint density at radius 1 is 1.12 bits per heavy atom. The van der Waals surface area contributed by atoms with E-state index in [4.69, 9.17) is 9.47 Å². The molecule has 5 nitrogen and oxygen atoms in total. The molecule has 1 aromatic carbocycles. The minimum Gasteiger partial charge on any atom is -0.490 e. The Kier molecular flexibility index (Phi) is 8.23. The molecule has 0 radical (unpaired) electrons. The molecule has 2 atom stereocenters. The van der Waals surface area contributed by atoms with Gasteiger partial charge in [-0.3, -0.25) is 4.79 Å². The Hall–Kier alpha value is -1.75. The highest BCUT2D eigenvalue weighted by molar-refractivity contribution is 5.94. The summed E-state index contributed by atoms with van der Waals surface area (Å²) in [6, 6.07) is 5.36. The summed E-state index contributed by atoms with van der Waals surface area (Å²) in [5.41, 5.74) is 0.608. The van der Waals surface area contributed by atoms with Crippen LogP contribution in [0.25, 0.3) is 0 Å². The largest absolute Gasteiger partial charge is 0.490 e. The van der Waals surface area contributed by atoms with Gasteiger partial charge in [-0.05, 0) is 63.3 Å². The topological polar surface area (TPSA) is 50.8 Å². The van der Waals surface area contributed by atoms with Crippen LogP contribution in [0.1, 0.15) is 50.9 Å². The highest BCUT2D eigenvalue weighted by Gasteiger charge is 2.21. The van der Waals surface area contributed by atoms with E-state index in [1.807, 2.05) is 13.8 Å². The third-order valence-corrected chi connectivity index (χ3v) is 4.69. The van der Waals surface area contributed by atoms with Gasteiger partial charge in [0.15, 0.2) is 11.5 Å². The van der Waals surface area contributed by atoms with E-state index in [1.165, 1.54) is 19.5 Å². The summed E-state index contributed by atoms with van der Waals surface area (Å²) in [6.45, 7) is 13.7. The number of carbonyl (C=O) groups is 1. The van der Waals surface area contributed by atoms with E-state index in [0.29, 0.717) is 36.8 Å². The average Bonchev–Trinajstić information content (AvgIpc) is 2.59. The van der Waals surface area contributed by atoms with Crippen LogP contribution in [0, 0.1) is 11.8 Å². The van der Waals surface area contributed by atoms with Crippen molar-refractivity contribution in [2.75, 3.05) is 39.4 Å². The Morgan fingerprint density at radius 2 is 1.77 bits per heavy atom. The second kappa shape index (κ2) is 10.4. The van der Waals surface area contributed by atoms with E-state index in [-0.39, 0.29) is 5.91 Å². The zero-order valence-corrected chi connectivity index (χ0v) is 16.7. The quantitative estimate of drug-likeness (QED) is 0.682.